The Hall–Kier alpha value is -2.29. The lowest BCUT2D eigenvalue weighted by molar-refractivity contribution is -0.663. The fourth-order valence-electron chi connectivity index (χ4n) is 3.08. The van der Waals surface area contributed by atoms with Crippen molar-refractivity contribution >= 4 is 22.6 Å². The van der Waals surface area contributed by atoms with Crippen LogP contribution in [-0.4, -0.2) is 4.57 Å². The van der Waals surface area contributed by atoms with E-state index >= 15 is 0 Å². The maximum absolute atomic E-state index is 6.34. The summed E-state index contributed by atoms with van der Waals surface area (Å²) in [4.78, 5) is 0. The third-order valence-corrected chi connectivity index (χ3v) is 4.64. The van der Waals surface area contributed by atoms with Crippen LogP contribution in [0.2, 0.25) is 5.02 Å². The average molecular weight is 369 g/mol. The van der Waals surface area contributed by atoms with E-state index in [1.165, 1.54) is 16.6 Å². The number of aromatic nitrogens is 2. The third-order valence-electron chi connectivity index (χ3n) is 4.27. The minimum absolute atomic E-state index is 0. The highest BCUT2D eigenvalue weighted by molar-refractivity contribution is 6.31. The Morgan fingerprint density at radius 2 is 1.48 bits per heavy atom. The van der Waals surface area contributed by atoms with E-state index in [-0.39, 0.29) is 12.4 Å². The molecule has 0 aliphatic carbocycles. The van der Waals surface area contributed by atoms with Gasteiger partial charge >= 0.3 is 0 Å². The number of rotatable bonds is 4. The molecule has 4 aromatic rings. The summed E-state index contributed by atoms with van der Waals surface area (Å²) in [6.45, 7) is 1.62. The summed E-state index contributed by atoms with van der Waals surface area (Å²) in [6.07, 6.45) is 2.18. The van der Waals surface area contributed by atoms with Gasteiger partial charge in [-0.05, 0) is 23.8 Å². The summed E-state index contributed by atoms with van der Waals surface area (Å²) >= 11 is 6.34. The number of imidazole rings is 1. The summed E-state index contributed by atoms with van der Waals surface area (Å²) in [5.74, 6) is 0. The first-order valence-electron chi connectivity index (χ1n) is 8.06. The molecule has 4 heteroatoms. The molecule has 4 rings (SSSR count). The molecule has 0 spiro atoms. The van der Waals surface area contributed by atoms with Crippen molar-refractivity contribution in [1.29, 1.82) is 0 Å². The van der Waals surface area contributed by atoms with Gasteiger partial charge in [0.05, 0.1) is 0 Å². The molecule has 1 aromatic heterocycles. The van der Waals surface area contributed by atoms with E-state index in [1.54, 1.807) is 0 Å². The standard InChI is InChI=1S/C21H18ClN2.ClH/c22-19-11-5-4-10-18(19)15-24-16-23(14-17-8-2-1-3-9-17)20-12-6-7-13-21(20)24;/h1-13,16H,14-15H2;1H/q+1;/p-1. The highest BCUT2D eigenvalue weighted by Gasteiger charge is 2.16. The summed E-state index contributed by atoms with van der Waals surface area (Å²) in [5.41, 5.74) is 4.87. The third kappa shape index (κ3) is 3.71. The Bertz CT molecular complexity index is 978. The van der Waals surface area contributed by atoms with Crippen LogP contribution in [0.3, 0.4) is 0 Å². The molecule has 0 aliphatic rings. The van der Waals surface area contributed by atoms with Crippen LogP contribution >= 0.6 is 11.6 Å². The van der Waals surface area contributed by atoms with Crippen molar-refractivity contribution < 1.29 is 17.0 Å². The summed E-state index contributed by atoms with van der Waals surface area (Å²) < 4.78 is 4.56. The smallest absolute Gasteiger partial charge is 0.245 e. The summed E-state index contributed by atoms with van der Waals surface area (Å²) in [5, 5.41) is 0.810. The second kappa shape index (κ2) is 7.73. The minimum atomic E-state index is 0. The van der Waals surface area contributed by atoms with Gasteiger partial charge in [-0.2, -0.15) is 0 Å². The molecule has 25 heavy (non-hydrogen) atoms. The lowest BCUT2D eigenvalue weighted by Crippen LogP contribution is -3.00. The minimum Gasteiger partial charge on any atom is -1.00 e. The van der Waals surface area contributed by atoms with E-state index in [9.17, 15) is 0 Å². The molecule has 2 nitrogen and oxygen atoms in total. The van der Waals surface area contributed by atoms with Crippen LogP contribution in [-0.2, 0) is 13.1 Å². The van der Waals surface area contributed by atoms with Crippen LogP contribution in [0, 0.1) is 0 Å². The first kappa shape index (κ1) is 17.5. The van der Waals surface area contributed by atoms with Crippen LogP contribution in [0.15, 0.2) is 85.2 Å². The Morgan fingerprint density at radius 3 is 2.28 bits per heavy atom. The number of fused-ring (bicyclic) bond motifs is 1. The van der Waals surface area contributed by atoms with Crippen LogP contribution in [0.4, 0.5) is 0 Å². The number of benzene rings is 3. The predicted octanol–water partition coefficient (Wildman–Crippen LogP) is 1.68. The number of hydrogen-bond acceptors (Lipinski definition) is 0. The largest absolute Gasteiger partial charge is 1.00 e. The molecule has 0 aliphatic heterocycles. The van der Waals surface area contributed by atoms with Gasteiger partial charge in [0.15, 0.2) is 11.0 Å². The van der Waals surface area contributed by atoms with Gasteiger partial charge in [-0.15, -0.1) is 0 Å². The average Bonchev–Trinajstić information content (AvgIpc) is 2.96. The topological polar surface area (TPSA) is 8.81 Å². The van der Waals surface area contributed by atoms with Crippen molar-refractivity contribution in [3.63, 3.8) is 0 Å². The van der Waals surface area contributed by atoms with Crippen molar-refractivity contribution in [3.05, 3.63) is 101 Å². The quantitative estimate of drug-likeness (QED) is 0.484. The fourth-order valence-corrected chi connectivity index (χ4v) is 3.28. The monoisotopic (exact) mass is 368 g/mol. The molecule has 0 radical (unpaired) electrons. The molecule has 0 saturated heterocycles. The van der Waals surface area contributed by atoms with Crippen LogP contribution < -0.4 is 17.0 Å². The molecule has 0 atom stereocenters. The van der Waals surface area contributed by atoms with Gasteiger partial charge in [-0.25, -0.2) is 9.13 Å². The zero-order chi connectivity index (χ0) is 16.4. The lowest BCUT2D eigenvalue weighted by atomic mass is 10.2. The first-order valence-corrected chi connectivity index (χ1v) is 8.44. The van der Waals surface area contributed by atoms with Crippen LogP contribution in [0.1, 0.15) is 11.1 Å². The zero-order valence-electron chi connectivity index (χ0n) is 13.6. The molecule has 1 heterocycles. The van der Waals surface area contributed by atoms with E-state index in [0.717, 1.165) is 23.7 Å². The van der Waals surface area contributed by atoms with Gasteiger partial charge < -0.3 is 12.4 Å². The predicted molar refractivity (Wildman–Crippen MR) is 98.2 cm³/mol. The van der Waals surface area contributed by atoms with Gasteiger partial charge in [-0.3, -0.25) is 0 Å². The van der Waals surface area contributed by atoms with Gasteiger partial charge in [-0.1, -0.05) is 72.3 Å². The van der Waals surface area contributed by atoms with Gasteiger partial charge in [0, 0.05) is 10.6 Å². The maximum Gasteiger partial charge on any atom is 0.245 e. The van der Waals surface area contributed by atoms with Crippen molar-refractivity contribution in [1.82, 2.24) is 4.57 Å². The van der Waals surface area contributed by atoms with Crippen LogP contribution in [0.25, 0.3) is 11.0 Å². The van der Waals surface area contributed by atoms with Gasteiger partial charge in [0.2, 0.25) is 6.33 Å². The lowest BCUT2D eigenvalue weighted by Gasteiger charge is -2.01. The van der Waals surface area contributed by atoms with E-state index in [0.29, 0.717) is 0 Å². The number of para-hydroxylation sites is 2. The molecule has 0 bridgehead atoms. The van der Waals surface area contributed by atoms with Crippen molar-refractivity contribution in [2.45, 2.75) is 13.1 Å². The SMILES string of the molecule is Clc1ccccc1Cn1c[n+](Cc2ccccc2)c2ccccc21.[Cl-]. The first-order chi connectivity index (χ1) is 11.8. The van der Waals surface area contributed by atoms with E-state index in [1.807, 2.05) is 18.2 Å². The Morgan fingerprint density at radius 1 is 0.800 bits per heavy atom. The highest BCUT2D eigenvalue weighted by atomic mass is 35.5. The molecule has 126 valence electrons. The maximum atomic E-state index is 6.34. The highest BCUT2D eigenvalue weighted by Crippen LogP contribution is 2.19. The van der Waals surface area contributed by atoms with E-state index in [4.69, 9.17) is 11.6 Å². The Kier molecular flexibility index (Phi) is 5.42. The van der Waals surface area contributed by atoms with Crippen molar-refractivity contribution in [2.75, 3.05) is 0 Å². The van der Waals surface area contributed by atoms with Crippen molar-refractivity contribution in [3.8, 4) is 0 Å². The molecule has 3 aromatic carbocycles. The Labute approximate surface area is 158 Å². The van der Waals surface area contributed by atoms with Crippen LogP contribution in [0.5, 0.6) is 0 Å². The number of hydrogen-bond donors (Lipinski definition) is 0. The van der Waals surface area contributed by atoms with E-state index in [2.05, 4.69) is 76.1 Å². The zero-order valence-corrected chi connectivity index (χ0v) is 15.2. The van der Waals surface area contributed by atoms with E-state index < -0.39 is 0 Å². The molecule has 0 unspecified atom stereocenters. The van der Waals surface area contributed by atoms with Gasteiger partial charge in [0.1, 0.15) is 13.1 Å². The fraction of sp³-hybridized carbons (Fsp3) is 0.0952. The molecule has 0 amide bonds. The number of halogens is 2. The molecular weight excluding hydrogens is 351 g/mol. The summed E-state index contributed by atoms with van der Waals surface area (Å²) in [7, 11) is 0. The van der Waals surface area contributed by atoms with Gasteiger partial charge in [0.25, 0.3) is 0 Å². The molecule has 0 N–H and O–H groups in total. The molecule has 0 fully saturated rings. The number of nitrogens with zero attached hydrogens (tertiary/aromatic N) is 2. The molecule has 0 saturated carbocycles. The molecular formula is C21H18Cl2N2. The second-order valence-corrected chi connectivity index (χ2v) is 6.34. The summed E-state index contributed by atoms with van der Waals surface area (Å²) in [6, 6.07) is 27.1. The normalized spacial score (nSPS) is 10.6. The van der Waals surface area contributed by atoms with Crippen molar-refractivity contribution in [2.24, 2.45) is 0 Å². The second-order valence-electron chi connectivity index (χ2n) is 5.94. The Balaban J connectivity index is 0.00000182.